The highest BCUT2D eigenvalue weighted by atomic mass is 16.2. The summed E-state index contributed by atoms with van der Waals surface area (Å²) in [4.78, 5) is 17.2. The summed E-state index contributed by atoms with van der Waals surface area (Å²) in [6, 6.07) is 8.99. The Morgan fingerprint density at radius 1 is 1.24 bits per heavy atom. The lowest BCUT2D eigenvalue weighted by Crippen LogP contribution is -2.48. The summed E-state index contributed by atoms with van der Waals surface area (Å²) in [7, 11) is 0. The molecule has 0 saturated carbocycles. The standard InChI is InChI=1S/C21H35N3O/c1-6-21(4,5)20(25)22-18(3)10-11-23-12-14-24(15-13-23)19-9-7-8-17(2)16-19/h7-9,16,18H,6,10-15H2,1-5H3,(H,22,25). The molecule has 1 saturated heterocycles. The first-order valence-electron chi connectivity index (χ1n) is 9.67. The van der Waals surface area contributed by atoms with Crippen molar-refractivity contribution in [3.63, 3.8) is 0 Å². The lowest BCUT2D eigenvalue weighted by Gasteiger charge is -2.36. The van der Waals surface area contributed by atoms with Crippen LogP contribution < -0.4 is 10.2 Å². The largest absolute Gasteiger partial charge is 0.369 e. The third kappa shape index (κ3) is 5.74. The molecule has 1 aromatic rings. The van der Waals surface area contributed by atoms with E-state index in [0.29, 0.717) is 0 Å². The van der Waals surface area contributed by atoms with E-state index in [1.807, 2.05) is 13.8 Å². The number of carbonyl (C=O) groups is 1. The number of hydrogen-bond acceptors (Lipinski definition) is 3. The zero-order valence-corrected chi connectivity index (χ0v) is 16.6. The van der Waals surface area contributed by atoms with Crippen LogP contribution in [0, 0.1) is 12.3 Å². The van der Waals surface area contributed by atoms with Gasteiger partial charge in [0.1, 0.15) is 0 Å². The Labute approximate surface area is 153 Å². The minimum atomic E-state index is -0.270. The summed E-state index contributed by atoms with van der Waals surface area (Å²) in [6.07, 6.45) is 1.88. The van der Waals surface area contributed by atoms with Gasteiger partial charge in [-0.3, -0.25) is 9.69 Å². The monoisotopic (exact) mass is 345 g/mol. The van der Waals surface area contributed by atoms with Crippen molar-refractivity contribution < 1.29 is 4.79 Å². The maximum Gasteiger partial charge on any atom is 0.225 e. The minimum Gasteiger partial charge on any atom is -0.369 e. The van der Waals surface area contributed by atoms with Crippen LogP contribution in [0.5, 0.6) is 0 Å². The number of aryl methyl sites for hydroxylation is 1. The highest BCUT2D eigenvalue weighted by Crippen LogP contribution is 2.20. The molecular weight excluding hydrogens is 310 g/mol. The lowest BCUT2D eigenvalue weighted by atomic mass is 9.89. The molecule has 0 bridgehead atoms. The fourth-order valence-corrected chi connectivity index (χ4v) is 3.08. The van der Waals surface area contributed by atoms with Gasteiger partial charge in [-0.1, -0.05) is 32.9 Å². The molecule has 140 valence electrons. The predicted octanol–water partition coefficient (Wildman–Crippen LogP) is 3.45. The van der Waals surface area contributed by atoms with Crippen molar-refractivity contribution in [2.24, 2.45) is 5.41 Å². The molecule has 1 heterocycles. The van der Waals surface area contributed by atoms with Crippen molar-refractivity contribution in [1.82, 2.24) is 10.2 Å². The molecule has 1 unspecified atom stereocenters. The van der Waals surface area contributed by atoms with Crippen molar-refractivity contribution in [3.05, 3.63) is 29.8 Å². The van der Waals surface area contributed by atoms with Gasteiger partial charge in [0, 0.05) is 49.9 Å². The van der Waals surface area contributed by atoms with Gasteiger partial charge in [-0.2, -0.15) is 0 Å². The Balaban J connectivity index is 1.72. The normalized spacial score (nSPS) is 17.4. The van der Waals surface area contributed by atoms with Crippen LogP contribution in [0.15, 0.2) is 24.3 Å². The van der Waals surface area contributed by atoms with Crippen LogP contribution >= 0.6 is 0 Å². The Morgan fingerprint density at radius 2 is 1.92 bits per heavy atom. The number of carbonyl (C=O) groups excluding carboxylic acids is 1. The molecule has 1 amide bonds. The van der Waals surface area contributed by atoms with E-state index >= 15 is 0 Å². The van der Waals surface area contributed by atoms with Gasteiger partial charge in [-0.05, 0) is 44.4 Å². The fraction of sp³-hybridized carbons (Fsp3) is 0.667. The van der Waals surface area contributed by atoms with Crippen molar-refractivity contribution in [1.29, 1.82) is 0 Å². The molecule has 1 atom stereocenters. The maximum atomic E-state index is 12.3. The van der Waals surface area contributed by atoms with Gasteiger partial charge in [-0.25, -0.2) is 0 Å². The molecule has 1 N–H and O–H groups in total. The number of piperazine rings is 1. The van der Waals surface area contributed by atoms with Crippen LogP contribution in [0.3, 0.4) is 0 Å². The van der Waals surface area contributed by atoms with Crippen LogP contribution in [0.1, 0.15) is 46.1 Å². The van der Waals surface area contributed by atoms with Crippen LogP contribution in [-0.4, -0.2) is 49.6 Å². The van der Waals surface area contributed by atoms with Gasteiger partial charge in [0.05, 0.1) is 0 Å². The average Bonchev–Trinajstić information content (AvgIpc) is 2.60. The Hall–Kier alpha value is -1.55. The molecule has 0 aromatic heterocycles. The highest BCUT2D eigenvalue weighted by Gasteiger charge is 2.26. The lowest BCUT2D eigenvalue weighted by molar-refractivity contribution is -0.130. The van der Waals surface area contributed by atoms with Gasteiger partial charge >= 0.3 is 0 Å². The average molecular weight is 346 g/mol. The predicted molar refractivity (Wildman–Crippen MR) is 106 cm³/mol. The smallest absolute Gasteiger partial charge is 0.225 e. The number of nitrogens with zero attached hydrogens (tertiary/aromatic N) is 2. The Morgan fingerprint density at radius 3 is 2.52 bits per heavy atom. The Bertz CT molecular complexity index is 562. The fourth-order valence-electron chi connectivity index (χ4n) is 3.08. The van der Waals surface area contributed by atoms with Crippen molar-refractivity contribution >= 4 is 11.6 Å². The van der Waals surface area contributed by atoms with Crippen molar-refractivity contribution in [3.8, 4) is 0 Å². The number of benzene rings is 1. The van der Waals surface area contributed by atoms with Gasteiger partial charge in [0.2, 0.25) is 5.91 Å². The van der Waals surface area contributed by atoms with Gasteiger partial charge in [0.25, 0.3) is 0 Å². The summed E-state index contributed by atoms with van der Waals surface area (Å²) >= 11 is 0. The molecule has 0 aliphatic carbocycles. The first kappa shape index (κ1) is 19.8. The number of hydrogen-bond donors (Lipinski definition) is 1. The minimum absolute atomic E-state index is 0.173. The molecule has 1 aliphatic heterocycles. The van der Waals surface area contributed by atoms with E-state index in [4.69, 9.17) is 0 Å². The number of nitrogens with one attached hydrogen (secondary N) is 1. The van der Waals surface area contributed by atoms with Crippen LogP contribution in [0.2, 0.25) is 0 Å². The molecule has 4 heteroatoms. The molecule has 1 aromatic carbocycles. The SMILES string of the molecule is CCC(C)(C)C(=O)NC(C)CCN1CCN(c2cccc(C)c2)CC1. The summed E-state index contributed by atoms with van der Waals surface area (Å²) in [5.41, 5.74) is 2.38. The molecule has 1 fully saturated rings. The second-order valence-electron chi connectivity index (χ2n) is 8.07. The van der Waals surface area contributed by atoms with E-state index < -0.39 is 0 Å². The molecule has 0 radical (unpaired) electrons. The molecule has 2 rings (SSSR count). The molecule has 0 spiro atoms. The van der Waals surface area contributed by atoms with Crippen LogP contribution in [0.25, 0.3) is 0 Å². The van der Waals surface area contributed by atoms with E-state index in [9.17, 15) is 4.79 Å². The molecular formula is C21H35N3O. The number of rotatable bonds is 7. The highest BCUT2D eigenvalue weighted by molar-refractivity contribution is 5.81. The number of anilines is 1. The van der Waals surface area contributed by atoms with E-state index in [1.165, 1.54) is 11.3 Å². The van der Waals surface area contributed by atoms with Crippen molar-refractivity contribution in [2.75, 3.05) is 37.6 Å². The molecule has 4 nitrogen and oxygen atoms in total. The summed E-state index contributed by atoms with van der Waals surface area (Å²) in [6.45, 7) is 15.7. The Kier molecular flexibility index (Phi) is 6.88. The first-order valence-corrected chi connectivity index (χ1v) is 9.67. The quantitative estimate of drug-likeness (QED) is 0.822. The van der Waals surface area contributed by atoms with E-state index in [-0.39, 0.29) is 17.4 Å². The summed E-state index contributed by atoms with van der Waals surface area (Å²) < 4.78 is 0. The van der Waals surface area contributed by atoms with Crippen LogP contribution in [-0.2, 0) is 4.79 Å². The molecule has 25 heavy (non-hydrogen) atoms. The van der Waals surface area contributed by atoms with E-state index in [1.54, 1.807) is 0 Å². The summed E-state index contributed by atoms with van der Waals surface area (Å²) in [5.74, 6) is 0.173. The molecule has 1 aliphatic rings. The van der Waals surface area contributed by atoms with Gasteiger partial charge in [-0.15, -0.1) is 0 Å². The first-order chi connectivity index (χ1) is 11.8. The van der Waals surface area contributed by atoms with Gasteiger partial charge < -0.3 is 10.2 Å². The van der Waals surface area contributed by atoms with E-state index in [0.717, 1.165) is 45.6 Å². The third-order valence-electron chi connectivity index (χ3n) is 5.49. The van der Waals surface area contributed by atoms with Crippen molar-refractivity contribution in [2.45, 2.75) is 53.5 Å². The zero-order chi connectivity index (χ0) is 18.4. The zero-order valence-electron chi connectivity index (χ0n) is 16.6. The second-order valence-corrected chi connectivity index (χ2v) is 8.07. The third-order valence-corrected chi connectivity index (χ3v) is 5.49. The number of amides is 1. The maximum absolute atomic E-state index is 12.3. The summed E-state index contributed by atoms with van der Waals surface area (Å²) in [5, 5.41) is 3.18. The van der Waals surface area contributed by atoms with E-state index in [2.05, 4.69) is 60.2 Å². The van der Waals surface area contributed by atoms with Crippen LogP contribution in [0.4, 0.5) is 5.69 Å². The van der Waals surface area contributed by atoms with Gasteiger partial charge in [0.15, 0.2) is 0 Å². The topological polar surface area (TPSA) is 35.6 Å². The second kappa shape index (κ2) is 8.70.